The molecule has 20 heavy (non-hydrogen) atoms. The minimum Gasteiger partial charge on any atom is -0.349 e. The number of carbonyl (C=O) groups excluding carboxylic acids is 1. The van der Waals surface area contributed by atoms with E-state index < -0.39 is 0 Å². The monoisotopic (exact) mass is 271 g/mol. The Morgan fingerprint density at radius 3 is 2.65 bits per heavy atom. The van der Waals surface area contributed by atoms with Gasteiger partial charge in [-0.25, -0.2) is 0 Å². The Morgan fingerprint density at radius 2 is 1.95 bits per heavy atom. The molecule has 0 saturated heterocycles. The van der Waals surface area contributed by atoms with Crippen molar-refractivity contribution in [2.24, 2.45) is 5.41 Å². The van der Waals surface area contributed by atoms with E-state index in [1.807, 2.05) is 6.07 Å². The number of hydrogen-bond donors (Lipinski definition) is 1. The molecule has 1 aromatic rings. The van der Waals surface area contributed by atoms with Gasteiger partial charge in [0, 0.05) is 11.6 Å². The zero-order valence-corrected chi connectivity index (χ0v) is 12.7. The molecule has 2 aliphatic carbocycles. The maximum atomic E-state index is 12.4. The smallest absolute Gasteiger partial charge is 0.251 e. The van der Waals surface area contributed by atoms with Crippen molar-refractivity contribution in [3.63, 3.8) is 0 Å². The number of amides is 1. The SMILES string of the molecule is CC1(C)CCC(NC(=O)c2ccc3c(c2)CCCC3)C1. The minimum atomic E-state index is 0.112. The summed E-state index contributed by atoms with van der Waals surface area (Å²) in [7, 11) is 0. The third-order valence-electron chi connectivity index (χ3n) is 4.91. The molecule has 0 aliphatic heterocycles. The predicted molar refractivity (Wildman–Crippen MR) is 82.0 cm³/mol. The van der Waals surface area contributed by atoms with Gasteiger partial charge in [0.2, 0.25) is 0 Å². The quantitative estimate of drug-likeness (QED) is 0.869. The molecule has 2 nitrogen and oxygen atoms in total. The van der Waals surface area contributed by atoms with Crippen LogP contribution in [0.2, 0.25) is 0 Å². The van der Waals surface area contributed by atoms with Crippen LogP contribution in [-0.2, 0) is 12.8 Å². The number of nitrogens with one attached hydrogen (secondary N) is 1. The predicted octanol–water partition coefficient (Wildman–Crippen LogP) is 3.87. The van der Waals surface area contributed by atoms with Crippen molar-refractivity contribution in [3.8, 4) is 0 Å². The molecule has 2 heteroatoms. The first-order chi connectivity index (χ1) is 9.53. The molecule has 1 amide bonds. The summed E-state index contributed by atoms with van der Waals surface area (Å²) in [5.41, 5.74) is 4.05. The van der Waals surface area contributed by atoms with E-state index in [1.165, 1.54) is 36.8 Å². The highest BCUT2D eigenvalue weighted by molar-refractivity contribution is 5.94. The second-order valence-corrected chi connectivity index (χ2v) is 7.27. The van der Waals surface area contributed by atoms with Gasteiger partial charge in [0.15, 0.2) is 0 Å². The number of rotatable bonds is 2. The summed E-state index contributed by atoms with van der Waals surface area (Å²) < 4.78 is 0. The molecule has 0 heterocycles. The van der Waals surface area contributed by atoms with Crippen LogP contribution in [0.15, 0.2) is 18.2 Å². The van der Waals surface area contributed by atoms with Gasteiger partial charge in [-0.1, -0.05) is 19.9 Å². The molecule has 3 rings (SSSR count). The van der Waals surface area contributed by atoms with Gasteiger partial charge >= 0.3 is 0 Å². The van der Waals surface area contributed by atoms with E-state index in [4.69, 9.17) is 0 Å². The van der Waals surface area contributed by atoms with Crippen LogP contribution >= 0.6 is 0 Å². The fraction of sp³-hybridized carbons (Fsp3) is 0.611. The largest absolute Gasteiger partial charge is 0.349 e. The average Bonchev–Trinajstić information content (AvgIpc) is 2.77. The summed E-state index contributed by atoms with van der Waals surface area (Å²) >= 11 is 0. The summed E-state index contributed by atoms with van der Waals surface area (Å²) in [6.07, 6.45) is 8.28. The molecular weight excluding hydrogens is 246 g/mol. The maximum absolute atomic E-state index is 12.4. The molecule has 0 aromatic heterocycles. The molecule has 1 atom stereocenters. The van der Waals surface area contributed by atoms with E-state index in [0.29, 0.717) is 11.5 Å². The summed E-state index contributed by atoms with van der Waals surface area (Å²) in [4.78, 5) is 12.4. The van der Waals surface area contributed by atoms with E-state index >= 15 is 0 Å². The Balaban J connectivity index is 1.68. The molecule has 2 aliphatic rings. The third-order valence-corrected chi connectivity index (χ3v) is 4.91. The summed E-state index contributed by atoms with van der Waals surface area (Å²) in [5.74, 6) is 0.112. The van der Waals surface area contributed by atoms with E-state index in [2.05, 4.69) is 31.3 Å². The molecule has 108 valence electrons. The number of aryl methyl sites for hydroxylation is 2. The van der Waals surface area contributed by atoms with E-state index in [-0.39, 0.29) is 5.91 Å². The van der Waals surface area contributed by atoms with E-state index in [1.54, 1.807) is 0 Å². The number of benzene rings is 1. The van der Waals surface area contributed by atoms with Gasteiger partial charge in [0.1, 0.15) is 0 Å². The Hall–Kier alpha value is -1.31. The van der Waals surface area contributed by atoms with Crippen LogP contribution in [0.1, 0.15) is 67.4 Å². The molecule has 1 N–H and O–H groups in total. The summed E-state index contributed by atoms with van der Waals surface area (Å²) in [6, 6.07) is 6.62. The van der Waals surface area contributed by atoms with Crippen LogP contribution in [0.5, 0.6) is 0 Å². The van der Waals surface area contributed by atoms with Crippen molar-refractivity contribution in [1.82, 2.24) is 5.32 Å². The van der Waals surface area contributed by atoms with Gasteiger partial charge in [-0.3, -0.25) is 4.79 Å². The van der Waals surface area contributed by atoms with Gasteiger partial charge in [0.25, 0.3) is 5.91 Å². The Kier molecular flexibility index (Phi) is 3.57. The lowest BCUT2D eigenvalue weighted by atomic mass is 9.90. The van der Waals surface area contributed by atoms with Gasteiger partial charge in [0.05, 0.1) is 0 Å². The van der Waals surface area contributed by atoms with Crippen molar-refractivity contribution in [2.75, 3.05) is 0 Å². The Bertz CT molecular complexity index is 518. The number of hydrogen-bond acceptors (Lipinski definition) is 1. The lowest BCUT2D eigenvalue weighted by Gasteiger charge is -2.19. The summed E-state index contributed by atoms with van der Waals surface area (Å²) in [5, 5.41) is 3.22. The fourth-order valence-electron chi connectivity index (χ4n) is 3.70. The van der Waals surface area contributed by atoms with Crippen LogP contribution in [0.4, 0.5) is 0 Å². The molecule has 1 saturated carbocycles. The van der Waals surface area contributed by atoms with Gasteiger partial charge in [-0.15, -0.1) is 0 Å². The molecule has 0 radical (unpaired) electrons. The van der Waals surface area contributed by atoms with Gasteiger partial charge in [-0.05, 0) is 73.6 Å². The lowest BCUT2D eigenvalue weighted by Crippen LogP contribution is -2.33. The average molecular weight is 271 g/mol. The zero-order chi connectivity index (χ0) is 14.2. The normalized spacial score (nSPS) is 24.2. The van der Waals surface area contributed by atoms with E-state index in [0.717, 1.165) is 24.8 Å². The number of fused-ring (bicyclic) bond motifs is 1. The molecule has 1 fully saturated rings. The standard InChI is InChI=1S/C18H25NO/c1-18(2)10-9-16(12-18)19-17(20)15-8-7-13-5-3-4-6-14(13)11-15/h7-8,11,16H,3-6,9-10,12H2,1-2H3,(H,19,20). The molecule has 1 unspecified atom stereocenters. The topological polar surface area (TPSA) is 29.1 Å². The lowest BCUT2D eigenvalue weighted by molar-refractivity contribution is 0.0936. The molecule has 1 aromatic carbocycles. The highest BCUT2D eigenvalue weighted by atomic mass is 16.1. The second-order valence-electron chi connectivity index (χ2n) is 7.27. The molecule has 0 spiro atoms. The van der Waals surface area contributed by atoms with Gasteiger partial charge in [-0.2, -0.15) is 0 Å². The zero-order valence-electron chi connectivity index (χ0n) is 12.7. The van der Waals surface area contributed by atoms with Crippen LogP contribution < -0.4 is 5.32 Å². The Morgan fingerprint density at radius 1 is 1.20 bits per heavy atom. The first-order valence-corrected chi connectivity index (χ1v) is 7.96. The van der Waals surface area contributed by atoms with Crippen LogP contribution in [0.3, 0.4) is 0 Å². The number of carbonyl (C=O) groups is 1. The van der Waals surface area contributed by atoms with Crippen molar-refractivity contribution < 1.29 is 4.79 Å². The van der Waals surface area contributed by atoms with Crippen LogP contribution in [-0.4, -0.2) is 11.9 Å². The third kappa shape index (κ3) is 2.89. The first-order valence-electron chi connectivity index (χ1n) is 7.96. The van der Waals surface area contributed by atoms with Crippen molar-refractivity contribution in [3.05, 3.63) is 34.9 Å². The maximum Gasteiger partial charge on any atom is 0.251 e. The minimum absolute atomic E-state index is 0.112. The van der Waals surface area contributed by atoms with Crippen LogP contribution in [0, 0.1) is 5.41 Å². The second kappa shape index (κ2) is 5.23. The highest BCUT2D eigenvalue weighted by Gasteiger charge is 2.31. The fourth-order valence-corrected chi connectivity index (χ4v) is 3.70. The van der Waals surface area contributed by atoms with Crippen LogP contribution in [0.25, 0.3) is 0 Å². The first kappa shape index (κ1) is 13.7. The Labute approximate surface area is 122 Å². The molecular formula is C18H25NO. The van der Waals surface area contributed by atoms with Crippen molar-refractivity contribution >= 4 is 5.91 Å². The highest BCUT2D eigenvalue weighted by Crippen LogP contribution is 2.37. The van der Waals surface area contributed by atoms with Gasteiger partial charge < -0.3 is 5.32 Å². The van der Waals surface area contributed by atoms with Crippen molar-refractivity contribution in [1.29, 1.82) is 0 Å². The van der Waals surface area contributed by atoms with Crippen molar-refractivity contribution in [2.45, 2.75) is 64.8 Å². The van der Waals surface area contributed by atoms with E-state index in [9.17, 15) is 4.79 Å². The molecule has 0 bridgehead atoms. The summed E-state index contributed by atoms with van der Waals surface area (Å²) in [6.45, 7) is 4.58.